The molecular weight excluding hydrogens is 652 g/mol. The predicted octanol–water partition coefficient (Wildman–Crippen LogP) is 7.16. The summed E-state index contributed by atoms with van der Waals surface area (Å²) in [7, 11) is -3.95. The highest BCUT2D eigenvalue weighted by molar-refractivity contribution is 7.92. The van der Waals surface area contributed by atoms with E-state index in [2.05, 4.69) is 5.32 Å². The van der Waals surface area contributed by atoms with E-state index in [0.717, 1.165) is 48.2 Å². The number of rotatable bonds is 11. The third-order valence-electron chi connectivity index (χ3n) is 7.45. The molecule has 12 heteroatoms. The van der Waals surface area contributed by atoms with E-state index in [1.165, 1.54) is 23.1 Å². The number of sulfonamides is 1. The fourth-order valence-corrected chi connectivity index (χ4v) is 6.79. The van der Waals surface area contributed by atoms with Crippen LogP contribution in [-0.4, -0.2) is 50.0 Å². The van der Waals surface area contributed by atoms with Crippen molar-refractivity contribution in [2.45, 2.75) is 57.2 Å². The van der Waals surface area contributed by atoms with Crippen molar-refractivity contribution >= 4 is 73.9 Å². The Kier molecular flexibility index (Phi) is 11.6. The highest BCUT2D eigenvalue weighted by Crippen LogP contribution is 2.29. The Morgan fingerprint density at radius 1 is 0.884 bits per heavy atom. The van der Waals surface area contributed by atoms with Gasteiger partial charge in [-0.05, 0) is 54.3 Å². The summed E-state index contributed by atoms with van der Waals surface area (Å²) in [5.41, 5.74) is 1.57. The summed E-state index contributed by atoms with van der Waals surface area (Å²) >= 11 is 24.9. The molecule has 0 unspecified atom stereocenters. The van der Waals surface area contributed by atoms with E-state index in [9.17, 15) is 18.0 Å². The van der Waals surface area contributed by atoms with Crippen LogP contribution in [0.2, 0.25) is 20.1 Å². The standard InChI is InChI=1S/C31H33Cl4N3O4S/c1-43(41,42)38(25-14-15-26(33)28(35)18-25)20-30(39)37(19-22-12-13-23(32)17-27(22)34)29(16-21-8-4-2-5-9-21)31(40)36-24-10-6-3-7-11-24/h2,4-5,8-9,12-15,17-18,24,29H,3,6-7,10-11,16,19-20H2,1H3,(H,36,40)/t29-/m1/s1. The highest BCUT2D eigenvalue weighted by Gasteiger charge is 2.34. The minimum absolute atomic E-state index is 0.000627. The largest absolute Gasteiger partial charge is 0.352 e. The normalized spacial score (nSPS) is 14.6. The van der Waals surface area contributed by atoms with E-state index in [1.54, 1.807) is 18.2 Å². The molecule has 3 aromatic carbocycles. The molecule has 7 nitrogen and oxygen atoms in total. The lowest BCUT2D eigenvalue weighted by atomic mass is 9.94. The molecule has 0 bridgehead atoms. The molecule has 0 heterocycles. The van der Waals surface area contributed by atoms with Crippen molar-refractivity contribution in [3.8, 4) is 0 Å². The average Bonchev–Trinajstić information content (AvgIpc) is 2.96. The first-order valence-electron chi connectivity index (χ1n) is 13.9. The number of benzene rings is 3. The number of nitrogens with one attached hydrogen (secondary N) is 1. The van der Waals surface area contributed by atoms with Gasteiger partial charge < -0.3 is 10.2 Å². The van der Waals surface area contributed by atoms with Crippen molar-refractivity contribution in [1.82, 2.24) is 10.2 Å². The number of hydrogen-bond acceptors (Lipinski definition) is 4. The molecule has 0 aromatic heterocycles. The van der Waals surface area contributed by atoms with Gasteiger partial charge in [0.05, 0.1) is 22.0 Å². The summed E-state index contributed by atoms with van der Waals surface area (Å²) in [6.45, 7) is -0.632. The minimum Gasteiger partial charge on any atom is -0.352 e. The van der Waals surface area contributed by atoms with Gasteiger partial charge in [0.25, 0.3) is 0 Å². The van der Waals surface area contributed by atoms with Crippen molar-refractivity contribution in [3.63, 3.8) is 0 Å². The average molecular weight is 686 g/mol. The van der Waals surface area contributed by atoms with Crippen molar-refractivity contribution in [2.75, 3.05) is 17.1 Å². The Morgan fingerprint density at radius 2 is 1.58 bits per heavy atom. The van der Waals surface area contributed by atoms with E-state index in [0.29, 0.717) is 15.6 Å². The minimum atomic E-state index is -3.95. The highest BCUT2D eigenvalue weighted by atomic mass is 35.5. The molecule has 0 aliphatic heterocycles. The Morgan fingerprint density at radius 3 is 2.21 bits per heavy atom. The second-order valence-electron chi connectivity index (χ2n) is 10.7. The molecule has 43 heavy (non-hydrogen) atoms. The molecule has 0 spiro atoms. The summed E-state index contributed by atoms with van der Waals surface area (Å²) in [5, 5.41) is 4.28. The van der Waals surface area contributed by atoms with E-state index in [1.807, 2.05) is 30.3 Å². The van der Waals surface area contributed by atoms with Crippen LogP contribution in [0.25, 0.3) is 0 Å². The van der Waals surface area contributed by atoms with Crippen molar-refractivity contribution < 1.29 is 18.0 Å². The maximum Gasteiger partial charge on any atom is 0.244 e. The zero-order valence-corrected chi connectivity index (χ0v) is 27.5. The van der Waals surface area contributed by atoms with Crippen LogP contribution < -0.4 is 9.62 Å². The molecule has 2 amide bonds. The topological polar surface area (TPSA) is 86.8 Å². The van der Waals surface area contributed by atoms with Gasteiger partial charge in [-0.2, -0.15) is 0 Å². The molecule has 1 N–H and O–H groups in total. The van der Waals surface area contributed by atoms with Gasteiger partial charge in [-0.3, -0.25) is 13.9 Å². The van der Waals surface area contributed by atoms with E-state index in [-0.39, 0.29) is 40.6 Å². The second kappa shape index (κ2) is 15.0. The van der Waals surface area contributed by atoms with Gasteiger partial charge in [0.1, 0.15) is 12.6 Å². The first kappa shape index (κ1) is 33.4. The maximum atomic E-state index is 14.2. The summed E-state index contributed by atoms with van der Waals surface area (Å²) in [4.78, 5) is 29.6. The number of carbonyl (C=O) groups is 2. The Labute approximate surface area is 273 Å². The third-order valence-corrected chi connectivity index (χ3v) is 9.92. The van der Waals surface area contributed by atoms with Crippen molar-refractivity contribution in [3.05, 3.63) is 97.9 Å². The first-order valence-corrected chi connectivity index (χ1v) is 17.3. The smallest absolute Gasteiger partial charge is 0.244 e. The van der Waals surface area contributed by atoms with Crippen molar-refractivity contribution in [1.29, 1.82) is 0 Å². The molecular formula is C31H33Cl4N3O4S. The lowest BCUT2D eigenvalue weighted by Crippen LogP contribution is -2.55. The maximum absolute atomic E-state index is 14.2. The monoisotopic (exact) mass is 683 g/mol. The fraction of sp³-hybridized carbons (Fsp3) is 0.355. The number of carbonyl (C=O) groups excluding carboxylic acids is 2. The Hall–Kier alpha value is -2.49. The third kappa shape index (κ3) is 9.25. The van der Waals surface area contributed by atoms with Gasteiger partial charge in [-0.25, -0.2) is 8.42 Å². The number of anilines is 1. The molecule has 1 atom stereocenters. The molecule has 1 aliphatic carbocycles. The van der Waals surface area contributed by atoms with E-state index < -0.39 is 28.5 Å². The number of halogens is 4. The number of amides is 2. The summed E-state index contributed by atoms with van der Waals surface area (Å²) < 4.78 is 26.9. The molecule has 4 rings (SSSR count). The molecule has 230 valence electrons. The lowest BCUT2D eigenvalue weighted by molar-refractivity contribution is -0.140. The zero-order chi connectivity index (χ0) is 31.1. The molecule has 1 saturated carbocycles. The van der Waals surface area contributed by atoms with Gasteiger partial charge in [-0.1, -0.05) is 102 Å². The molecule has 1 fully saturated rings. The van der Waals surface area contributed by atoms with Gasteiger partial charge in [0.15, 0.2) is 0 Å². The van der Waals surface area contributed by atoms with Crippen LogP contribution in [0.15, 0.2) is 66.7 Å². The van der Waals surface area contributed by atoms with Gasteiger partial charge >= 0.3 is 0 Å². The van der Waals surface area contributed by atoms with Gasteiger partial charge in [-0.15, -0.1) is 0 Å². The first-order chi connectivity index (χ1) is 20.4. The quantitative estimate of drug-likeness (QED) is 0.232. The van der Waals surface area contributed by atoms with Crippen molar-refractivity contribution in [2.24, 2.45) is 0 Å². The zero-order valence-electron chi connectivity index (χ0n) is 23.6. The summed E-state index contributed by atoms with van der Waals surface area (Å²) in [6, 6.07) is 17.6. The van der Waals surface area contributed by atoms with E-state index in [4.69, 9.17) is 46.4 Å². The summed E-state index contributed by atoms with van der Waals surface area (Å²) in [6.07, 6.45) is 6.09. The van der Waals surface area contributed by atoms with Crippen LogP contribution in [0.4, 0.5) is 5.69 Å². The van der Waals surface area contributed by atoms with Crippen LogP contribution in [0, 0.1) is 0 Å². The molecule has 0 saturated heterocycles. The van der Waals surface area contributed by atoms with Crippen LogP contribution in [0.3, 0.4) is 0 Å². The Bertz CT molecular complexity index is 1550. The fourth-order valence-electron chi connectivity index (χ4n) is 5.19. The second-order valence-corrected chi connectivity index (χ2v) is 14.2. The Balaban J connectivity index is 1.75. The number of nitrogens with zero attached hydrogens (tertiary/aromatic N) is 2. The van der Waals surface area contributed by atoms with E-state index >= 15 is 0 Å². The SMILES string of the molecule is CS(=O)(=O)N(CC(=O)N(Cc1ccc(Cl)cc1Cl)[C@H](Cc1ccccc1)C(=O)NC1CCCCC1)c1ccc(Cl)c(Cl)c1. The summed E-state index contributed by atoms with van der Waals surface area (Å²) in [5.74, 6) is -0.906. The van der Waals surface area contributed by atoms with Crippen LogP contribution in [-0.2, 0) is 32.6 Å². The molecule has 1 aliphatic rings. The van der Waals surface area contributed by atoms with Gasteiger partial charge in [0.2, 0.25) is 21.8 Å². The molecule has 0 radical (unpaired) electrons. The van der Waals surface area contributed by atoms with Crippen LogP contribution >= 0.6 is 46.4 Å². The van der Waals surface area contributed by atoms with Crippen LogP contribution in [0.1, 0.15) is 43.2 Å². The predicted molar refractivity (Wildman–Crippen MR) is 175 cm³/mol. The number of hydrogen-bond donors (Lipinski definition) is 1. The molecule has 3 aromatic rings. The van der Waals surface area contributed by atoms with Gasteiger partial charge in [0, 0.05) is 29.1 Å². The lowest BCUT2D eigenvalue weighted by Gasteiger charge is -2.35. The van der Waals surface area contributed by atoms with Crippen LogP contribution in [0.5, 0.6) is 0 Å².